The van der Waals surface area contributed by atoms with Crippen molar-refractivity contribution in [1.29, 1.82) is 0 Å². The molecule has 1 fully saturated rings. The van der Waals surface area contributed by atoms with Gasteiger partial charge in [0.15, 0.2) is 21.5 Å². The highest BCUT2D eigenvalue weighted by Crippen LogP contribution is 2.21. The monoisotopic (exact) mass is 330 g/mol. The summed E-state index contributed by atoms with van der Waals surface area (Å²) in [4.78, 5) is 11.7. The van der Waals surface area contributed by atoms with Gasteiger partial charge in [0, 0.05) is 12.0 Å². The van der Waals surface area contributed by atoms with Gasteiger partial charge in [-0.15, -0.1) is 0 Å². The Labute approximate surface area is 127 Å². The van der Waals surface area contributed by atoms with E-state index in [0.717, 1.165) is 12.1 Å². The van der Waals surface area contributed by atoms with Crippen LogP contribution in [0.1, 0.15) is 25.3 Å². The average Bonchev–Trinajstić information content (AvgIpc) is 2.78. The summed E-state index contributed by atoms with van der Waals surface area (Å²) < 4.78 is 48.6. The molecule has 1 atom stereocenters. The summed E-state index contributed by atoms with van der Waals surface area (Å²) in [7, 11) is -3.02. The van der Waals surface area contributed by atoms with Gasteiger partial charge in [-0.1, -0.05) is 0 Å². The molecule has 22 heavy (non-hydrogen) atoms. The van der Waals surface area contributed by atoms with Crippen LogP contribution in [0, 0.1) is 17.6 Å². The molecule has 120 valence electrons. The Morgan fingerprint density at radius 2 is 2.09 bits per heavy atom. The van der Waals surface area contributed by atoms with E-state index in [-0.39, 0.29) is 23.8 Å². The van der Waals surface area contributed by atoms with Gasteiger partial charge in [0.05, 0.1) is 17.2 Å². The molecule has 5 nitrogen and oxygen atoms in total. The predicted octanol–water partition coefficient (Wildman–Crippen LogP) is 1.63. The number of nitrogens with zero attached hydrogens (tertiary/aromatic N) is 1. The molecule has 1 N–H and O–H groups in total. The minimum atomic E-state index is -3.02. The Morgan fingerprint density at radius 3 is 2.68 bits per heavy atom. The lowest BCUT2D eigenvalue weighted by Gasteiger charge is -2.07. The third-order valence-corrected chi connectivity index (χ3v) is 5.32. The molecule has 1 aliphatic heterocycles. The molecule has 2 rings (SSSR count). The van der Waals surface area contributed by atoms with Gasteiger partial charge in [-0.3, -0.25) is 4.79 Å². The number of amides is 1. The Bertz CT molecular complexity index is 717. The number of carbonyl (C=O) groups excluding carboxylic acids is 1. The van der Waals surface area contributed by atoms with Crippen molar-refractivity contribution in [3.8, 4) is 0 Å². The molecule has 8 heteroatoms. The summed E-state index contributed by atoms with van der Waals surface area (Å²) in [5.74, 6) is -2.40. The van der Waals surface area contributed by atoms with Crippen molar-refractivity contribution in [3.05, 3.63) is 35.4 Å². The van der Waals surface area contributed by atoms with Gasteiger partial charge >= 0.3 is 0 Å². The van der Waals surface area contributed by atoms with Crippen molar-refractivity contribution in [2.45, 2.75) is 19.8 Å². The molecule has 0 saturated carbocycles. The van der Waals surface area contributed by atoms with E-state index < -0.39 is 27.4 Å². The Morgan fingerprint density at radius 1 is 1.36 bits per heavy atom. The number of carbonyl (C=O) groups is 1. The van der Waals surface area contributed by atoms with Crippen molar-refractivity contribution in [1.82, 2.24) is 5.43 Å². The van der Waals surface area contributed by atoms with Crippen molar-refractivity contribution < 1.29 is 22.0 Å². The van der Waals surface area contributed by atoms with E-state index >= 15 is 0 Å². The summed E-state index contributed by atoms with van der Waals surface area (Å²) in [6.07, 6.45) is 0.551. The van der Waals surface area contributed by atoms with Crippen molar-refractivity contribution in [2.75, 3.05) is 11.5 Å². The molecule has 0 aliphatic carbocycles. The Kier molecular flexibility index (Phi) is 4.90. The summed E-state index contributed by atoms with van der Waals surface area (Å²) in [6, 6.07) is 3.33. The SMILES string of the molecule is C/C(=N/NC(=O)C[C@H]1CCS(=O)(=O)C1)c1ccc(F)c(F)c1. The smallest absolute Gasteiger partial charge is 0.240 e. The van der Waals surface area contributed by atoms with Crippen LogP contribution in [-0.2, 0) is 14.6 Å². The fourth-order valence-electron chi connectivity index (χ4n) is 2.27. The topological polar surface area (TPSA) is 75.6 Å². The maximum atomic E-state index is 13.1. The van der Waals surface area contributed by atoms with E-state index in [1.807, 2.05) is 0 Å². The van der Waals surface area contributed by atoms with E-state index in [1.54, 1.807) is 6.92 Å². The summed E-state index contributed by atoms with van der Waals surface area (Å²) in [6.45, 7) is 1.55. The lowest BCUT2D eigenvalue weighted by Crippen LogP contribution is -2.22. The lowest BCUT2D eigenvalue weighted by molar-refractivity contribution is -0.121. The highest BCUT2D eigenvalue weighted by molar-refractivity contribution is 7.91. The number of hydrogen-bond acceptors (Lipinski definition) is 4. The summed E-state index contributed by atoms with van der Waals surface area (Å²) >= 11 is 0. The number of hydrogen-bond donors (Lipinski definition) is 1. The van der Waals surface area contributed by atoms with E-state index in [2.05, 4.69) is 10.5 Å². The first-order valence-electron chi connectivity index (χ1n) is 6.76. The Hall–Kier alpha value is -1.83. The van der Waals surface area contributed by atoms with Gasteiger partial charge in [-0.25, -0.2) is 22.6 Å². The molecule has 0 bridgehead atoms. The van der Waals surface area contributed by atoms with Gasteiger partial charge in [-0.2, -0.15) is 5.10 Å². The molecule has 1 amide bonds. The first-order valence-corrected chi connectivity index (χ1v) is 8.58. The molecule has 0 spiro atoms. The van der Waals surface area contributed by atoms with Gasteiger partial charge in [0.1, 0.15) is 0 Å². The van der Waals surface area contributed by atoms with Crippen LogP contribution < -0.4 is 5.43 Å². The fraction of sp³-hybridized carbons (Fsp3) is 0.429. The number of sulfone groups is 1. The van der Waals surface area contributed by atoms with Crippen LogP contribution in [0.3, 0.4) is 0 Å². The van der Waals surface area contributed by atoms with Crippen LogP contribution in [0.25, 0.3) is 0 Å². The molecule has 1 aliphatic rings. The molecule has 0 radical (unpaired) electrons. The van der Waals surface area contributed by atoms with Gasteiger partial charge in [0.2, 0.25) is 5.91 Å². The van der Waals surface area contributed by atoms with Gasteiger partial charge < -0.3 is 0 Å². The minimum absolute atomic E-state index is 0.0201. The number of hydrazone groups is 1. The van der Waals surface area contributed by atoms with Crippen LogP contribution in [0.15, 0.2) is 23.3 Å². The second kappa shape index (κ2) is 6.51. The second-order valence-corrected chi connectivity index (χ2v) is 7.56. The van der Waals surface area contributed by atoms with Crippen LogP contribution in [-0.4, -0.2) is 31.5 Å². The maximum absolute atomic E-state index is 13.1. The summed E-state index contributed by atoms with van der Waals surface area (Å²) in [5, 5.41) is 3.82. The first kappa shape index (κ1) is 16.5. The number of rotatable bonds is 4. The number of halogens is 2. The first-order chi connectivity index (χ1) is 10.3. The third-order valence-electron chi connectivity index (χ3n) is 3.49. The number of benzene rings is 1. The second-order valence-electron chi connectivity index (χ2n) is 5.33. The van der Waals surface area contributed by atoms with E-state index in [1.165, 1.54) is 6.07 Å². The highest BCUT2D eigenvalue weighted by atomic mass is 32.2. The van der Waals surface area contributed by atoms with E-state index in [9.17, 15) is 22.0 Å². The zero-order chi connectivity index (χ0) is 16.3. The lowest BCUT2D eigenvalue weighted by atomic mass is 10.1. The molecule has 0 aromatic heterocycles. The van der Waals surface area contributed by atoms with E-state index in [4.69, 9.17) is 0 Å². The zero-order valence-corrected chi connectivity index (χ0v) is 12.8. The minimum Gasteiger partial charge on any atom is -0.273 e. The molecular formula is C14H16F2N2O3S. The molecule has 0 unspecified atom stereocenters. The molecule has 1 aromatic rings. The van der Waals surface area contributed by atoms with Crippen LogP contribution in [0.5, 0.6) is 0 Å². The van der Waals surface area contributed by atoms with Crippen molar-refractivity contribution in [3.63, 3.8) is 0 Å². The van der Waals surface area contributed by atoms with Gasteiger partial charge in [-0.05, 0) is 37.5 Å². The van der Waals surface area contributed by atoms with Crippen molar-refractivity contribution in [2.24, 2.45) is 11.0 Å². The van der Waals surface area contributed by atoms with Gasteiger partial charge in [0.25, 0.3) is 0 Å². The molecule has 1 heterocycles. The van der Waals surface area contributed by atoms with E-state index in [0.29, 0.717) is 17.7 Å². The third kappa shape index (κ3) is 4.33. The van der Waals surface area contributed by atoms with Crippen LogP contribution in [0.2, 0.25) is 0 Å². The normalized spacial score (nSPS) is 20.9. The van der Waals surface area contributed by atoms with Crippen molar-refractivity contribution >= 4 is 21.5 Å². The quantitative estimate of drug-likeness (QED) is 0.673. The average molecular weight is 330 g/mol. The molecular weight excluding hydrogens is 314 g/mol. The molecule has 1 saturated heterocycles. The van der Waals surface area contributed by atoms with Crippen LogP contribution in [0.4, 0.5) is 8.78 Å². The number of nitrogens with one attached hydrogen (secondary N) is 1. The predicted molar refractivity (Wildman–Crippen MR) is 78.1 cm³/mol. The highest BCUT2D eigenvalue weighted by Gasteiger charge is 2.29. The maximum Gasteiger partial charge on any atom is 0.240 e. The molecule has 1 aromatic carbocycles. The Balaban J connectivity index is 1.93. The standard InChI is InChI=1S/C14H16F2N2O3S/c1-9(11-2-3-12(15)13(16)7-11)17-18-14(19)6-10-4-5-22(20,21)8-10/h2-3,7,10H,4-6,8H2,1H3,(H,18,19)/b17-9-/t10-/m1/s1. The fourth-order valence-corrected chi connectivity index (χ4v) is 4.13. The largest absolute Gasteiger partial charge is 0.273 e. The summed E-state index contributed by atoms with van der Waals surface area (Å²) in [5.41, 5.74) is 2.98. The zero-order valence-electron chi connectivity index (χ0n) is 12.0. The van der Waals surface area contributed by atoms with Crippen LogP contribution >= 0.6 is 0 Å².